The average molecular weight is 289 g/mol. The molecule has 0 radical (unpaired) electrons. The van der Waals surface area contributed by atoms with Gasteiger partial charge in [0.05, 0.1) is 6.54 Å². The first-order chi connectivity index (χ1) is 7.25. The third-order valence-corrected chi connectivity index (χ3v) is 4.40. The Bertz CT molecular complexity index is 349. The molecule has 0 bridgehead atoms. The summed E-state index contributed by atoms with van der Waals surface area (Å²) >= 11 is 5.10. The van der Waals surface area contributed by atoms with E-state index in [1.807, 2.05) is 11.4 Å². The van der Waals surface area contributed by atoms with Crippen molar-refractivity contribution in [2.24, 2.45) is 5.92 Å². The number of halogens is 1. The van der Waals surface area contributed by atoms with Crippen LogP contribution in [0, 0.1) is 5.92 Å². The molecule has 1 fully saturated rings. The van der Waals surface area contributed by atoms with E-state index >= 15 is 0 Å². The van der Waals surface area contributed by atoms with Gasteiger partial charge in [-0.25, -0.2) is 0 Å². The fourth-order valence-corrected chi connectivity index (χ4v) is 2.89. The van der Waals surface area contributed by atoms with Gasteiger partial charge in [0.15, 0.2) is 0 Å². The molecule has 0 atom stereocenters. The quantitative estimate of drug-likeness (QED) is 0.886. The maximum Gasteiger partial charge on any atom is 0.220 e. The zero-order valence-corrected chi connectivity index (χ0v) is 10.7. The van der Waals surface area contributed by atoms with Gasteiger partial charge in [-0.3, -0.25) is 4.79 Å². The van der Waals surface area contributed by atoms with E-state index in [-0.39, 0.29) is 5.91 Å². The van der Waals surface area contributed by atoms with Crippen LogP contribution in [0.25, 0.3) is 0 Å². The second kappa shape index (κ2) is 5.09. The van der Waals surface area contributed by atoms with Gasteiger partial charge in [0.2, 0.25) is 5.91 Å². The van der Waals surface area contributed by atoms with Gasteiger partial charge in [-0.05, 0) is 46.4 Å². The molecule has 0 unspecified atom stereocenters. The summed E-state index contributed by atoms with van der Waals surface area (Å²) < 4.78 is 1.08. The van der Waals surface area contributed by atoms with Crippen molar-refractivity contribution in [1.82, 2.24) is 10.6 Å². The number of carbonyl (C=O) groups excluding carboxylic acids is 1. The fraction of sp³-hybridized carbons (Fsp3) is 0.500. The Hall–Kier alpha value is -0.390. The molecule has 82 valence electrons. The molecule has 3 nitrogen and oxygen atoms in total. The smallest absolute Gasteiger partial charge is 0.220 e. The monoisotopic (exact) mass is 288 g/mol. The van der Waals surface area contributed by atoms with Gasteiger partial charge in [-0.15, -0.1) is 11.3 Å². The number of nitrogens with one attached hydrogen (secondary N) is 2. The molecule has 1 saturated heterocycles. The van der Waals surface area contributed by atoms with Crippen LogP contribution in [0.3, 0.4) is 0 Å². The molecule has 1 aromatic rings. The van der Waals surface area contributed by atoms with Crippen LogP contribution < -0.4 is 10.6 Å². The van der Waals surface area contributed by atoms with Crippen LogP contribution in [0.15, 0.2) is 15.9 Å². The topological polar surface area (TPSA) is 41.1 Å². The Morgan fingerprint density at radius 2 is 2.47 bits per heavy atom. The van der Waals surface area contributed by atoms with Crippen molar-refractivity contribution in [2.45, 2.75) is 13.0 Å². The van der Waals surface area contributed by atoms with E-state index in [0.717, 1.165) is 17.6 Å². The van der Waals surface area contributed by atoms with Crippen molar-refractivity contribution in [3.05, 3.63) is 20.8 Å². The second-order valence-electron chi connectivity index (χ2n) is 3.70. The molecule has 1 aliphatic rings. The van der Waals surface area contributed by atoms with Gasteiger partial charge in [0.25, 0.3) is 0 Å². The lowest BCUT2D eigenvalue weighted by molar-refractivity contribution is -0.122. The van der Waals surface area contributed by atoms with E-state index in [2.05, 4.69) is 26.6 Å². The minimum atomic E-state index is 0.154. The zero-order chi connectivity index (χ0) is 10.7. The maximum atomic E-state index is 11.5. The van der Waals surface area contributed by atoms with E-state index < -0.39 is 0 Å². The fourth-order valence-electron chi connectivity index (χ4n) is 1.46. The Kier molecular flexibility index (Phi) is 3.77. The summed E-state index contributed by atoms with van der Waals surface area (Å²) in [5.74, 6) is 0.693. The van der Waals surface area contributed by atoms with Crippen molar-refractivity contribution >= 4 is 33.2 Å². The summed E-state index contributed by atoms with van der Waals surface area (Å²) in [4.78, 5) is 12.7. The molecular formula is C10H13BrN2OS. The minimum absolute atomic E-state index is 0.154. The summed E-state index contributed by atoms with van der Waals surface area (Å²) in [6.07, 6.45) is 0.649. The molecule has 1 aliphatic heterocycles. The molecule has 0 aliphatic carbocycles. The van der Waals surface area contributed by atoms with Crippen LogP contribution in [-0.4, -0.2) is 19.0 Å². The number of carbonyl (C=O) groups is 1. The van der Waals surface area contributed by atoms with Gasteiger partial charge < -0.3 is 10.6 Å². The van der Waals surface area contributed by atoms with Crippen LogP contribution in [0.1, 0.15) is 11.3 Å². The SMILES string of the molecule is O=C(CC1CNC1)NCc1sccc1Br. The number of hydrogen-bond acceptors (Lipinski definition) is 3. The maximum absolute atomic E-state index is 11.5. The van der Waals surface area contributed by atoms with Gasteiger partial charge in [-0.1, -0.05) is 0 Å². The second-order valence-corrected chi connectivity index (χ2v) is 5.55. The average Bonchev–Trinajstić information content (AvgIpc) is 2.55. The highest BCUT2D eigenvalue weighted by molar-refractivity contribution is 9.10. The lowest BCUT2D eigenvalue weighted by atomic mass is 9.99. The molecule has 2 N–H and O–H groups in total. The molecule has 0 spiro atoms. The van der Waals surface area contributed by atoms with Crippen molar-refractivity contribution < 1.29 is 4.79 Å². The first-order valence-electron chi connectivity index (χ1n) is 4.95. The summed E-state index contributed by atoms with van der Waals surface area (Å²) in [5.41, 5.74) is 0. The van der Waals surface area contributed by atoms with E-state index in [4.69, 9.17) is 0 Å². The van der Waals surface area contributed by atoms with Crippen molar-refractivity contribution in [2.75, 3.05) is 13.1 Å². The molecular weight excluding hydrogens is 276 g/mol. The molecule has 2 rings (SSSR count). The Balaban J connectivity index is 1.73. The highest BCUT2D eigenvalue weighted by Crippen LogP contribution is 2.22. The third-order valence-electron chi connectivity index (χ3n) is 2.48. The summed E-state index contributed by atoms with van der Waals surface area (Å²) in [6, 6.07) is 2.00. The van der Waals surface area contributed by atoms with Crippen molar-refractivity contribution in [1.29, 1.82) is 0 Å². The van der Waals surface area contributed by atoms with Crippen LogP contribution in [0.2, 0.25) is 0 Å². The molecule has 15 heavy (non-hydrogen) atoms. The standard InChI is InChI=1S/C10H13BrN2OS/c11-8-1-2-15-9(8)6-13-10(14)3-7-4-12-5-7/h1-2,7,12H,3-6H2,(H,13,14). The third kappa shape index (κ3) is 3.03. The van der Waals surface area contributed by atoms with E-state index in [0.29, 0.717) is 18.9 Å². The molecule has 0 aromatic carbocycles. The lowest BCUT2D eigenvalue weighted by Crippen LogP contribution is -2.44. The van der Waals surface area contributed by atoms with Gasteiger partial charge >= 0.3 is 0 Å². The first kappa shape index (κ1) is 11.1. The minimum Gasteiger partial charge on any atom is -0.351 e. The van der Waals surface area contributed by atoms with Crippen LogP contribution in [-0.2, 0) is 11.3 Å². The zero-order valence-electron chi connectivity index (χ0n) is 8.25. The van der Waals surface area contributed by atoms with E-state index in [1.54, 1.807) is 11.3 Å². The van der Waals surface area contributed by atoms with Crippen LogP contribution in [0.4, 0.5) is 0 Å². The Morgan fingerprint density at radius 3 is 3.00 bits per heavy atom. The molecule has 5 heteroatoms. The van der Waals surface area contributed by atoms with Gasteiger partial charge in [0, 0.05) is 15.8 Å². The molecule has 1 amide bonds. The summed E-state index contributed by atoms with van der Waals surface area (Å²) in [6.45, 7) is 2.60. The van der Waals surface area contributed by atoms with Gasteiger partial charge in [0.1, 0.15) is 0 Å². The number of hydrogen-bond donors (Lipinski definition) is 2. The highest BCUT2D eigenvalue weighted by atomic mass is 79.9. The predicted molar refractivity (Wildman–Crippen MR) is 64.8 cm³/mol. The number of amides is 1. The number of rotatable bonds is 4. The van der Waals surface area contributed by atoms with Crippen LogP contribution >= 0.6 is 27.3 Å². The lowest BCUT2D eigenvalue weighted by Gasteiger charge is -2.26. The Morgan fingerprint density at radius 1 is 1.67 bits per heavy atom. The predicted octanol–water partition coefficient (Wildman–Crippen LogP) is 1.74. The molecule has 0 saturated carbocycles. The van der Waals surface area contributed by atoms with Gasteiger partial charge in [-0.2, -0.15) is 0 Å². The highest BCUT2D eigenvalue weighted by Gasteiger charge is 2.19. The van der Waals surface area contributed by atoms with Crippen LogP contribution in [0.5, 0.6) is 0 Å². The Labute approximate surface area is 101 Å². The van der Waals surface area contributed by atoms with E-state index in [9.17, 15) is 4.79 Å². The van der Waals surface area contributed by atoms with Crippen molar-refractivity contribution in [3.8, 4) is 0 Å². The first-order valence-corrected chi connectivity index (χ1v) is 6.62. The summed E-state index contributed by atoms with van der Waals surface area (Å²) in [7, 11) is 0. The number of thiophene rings is 1. The molecule has 1 aromatic heterocycles. The van der Waals surface area contributed by atoms with E-state index in [1.165, 1.54) is 4.88 Å². The normalized spacial score (nSPS) is 16.1. The largest absolute Gasteiger partial charge is 0.351 e. The molecule has 2 heterocycles. The van der Waals surface area contributed by atoms with Crippen molar-refractivity contribution in [3.63, 3.8) is 0 Å². The summed E-state index contributed by atoms with van der Waals surface area (Å²) in [5, 5.41) is 8.11.